The Labute approximate surface area is 65.7 Å². The fourth-order valence-electron chi connectivity index (χ4n) is 1.01. The van der Waals surface area contributed by atoms with E-state index in [1.54, 1.807) is 19.3 Å². The van der Waals surface area contributed by atoms with E-state index < -0.39 is 6.23 Å². The Morgan fingerprint density at radius 3 is 2.82 bits per heavy atom. The molecule has 1 aliphatic rings. The van der Waals surface area contributed by atoms with E-state index in [9.17, 15) is 9.90 Å². The monoisotopic (exact) mass is 156 g/mol. The maximum absolute atomic E-state index is 11.2. The SMILES string of the molecule is CCN1C(=O)N(C)C=CC1O. The van der Waals surface area contributed by atoms with Crippen LogP contribution in [-0.4, -0.2) is 40.8 Å². The van der Waals surface area contributed by atoms with Crippen LogP contribution in [0.5, 0.6) is 0 Å². The molecule has 0 fully saturated rings. The summed E-state index contributed by atoms with van der Waals surface area (Å²) in [4.78, 5) is 14.0. The molecule has 4 nitrogen and oxygen atoms in total. The predicted octanol–water partition coefficient (Wildman–Crippen LogP) is 0.206. The normalized spacial score (nSPS) is 24.6. The molecule has 2 amide bonds. The van der Waals surface area contributed by atoms with Gasteiger partial charge in [-0.3, -0.25) is 4.90 Å². The summed E-state index contributed by atoms with van der Waals surface area (Å²) in [7, 11) is 1.66. The zero-order valence-electron chi connectivity index (χ0n) is 6.69. The molecule has 0 aliphatic carbocycles. The van der Waals surface area contributed by atoms with Gasteiger partial charge in [-0.2, -0.15) is 0 Å². The summed E-state index contributed by atoms with van der Waals surface area (Å²) in [6.07, 6.45) is 2.38. The van der Waals surface area contributed by atoms with Crippen LogP contribution in [0, 0.1) is 0 Å². The van der Waals surface area contributed by atoms with Crippen LogP contribution in [0.3, 0.4) is 0 Å². The highest BCUT2D eigenvalue weighted by Gasteiger charge is 2.23. The number of amides is 2. The maximum Gasteiger partial charge on any atom is 0.326 e. The van der Waals surface area contributed by atoms with Crippen molar-refractivity contribution < 1.29 is 9.90 Å². The molecule has 11 heavy (non-hydrogen) atoms. The van der Waals surface area contributed by atoms with Gasteiger partial charge >= 0.3 is 6.03 Å². The van der Waals surface area contributed by atoms with Crippen molar-refractivity contribution in [2.24, 2.45) is 0 Å². The van der Waals surface area contributed by atoms with Crippen LogP contribution in [-0.2, 0) is 0 Å². The van der Waals surface area contributed by atoms with Gasteiger partial charge in [0.15, 0.2) is 6.23 Å². The van der Waals surface area contributed by atoms with Crippen LogP contribution in [0.4, 0.5) is 4.79 Å². The molecule has 0 saturated carbocycles. The van der Waals surface area contributed by atoms with Crippen molar-refractivity contribution in [1.29, 1.82) is 0 Å². The Bertz CT molecular complexity index is 191. The van der Waals surface area contributed by atoms with Gasteiger partial charge in [0.2, 0.25) is 0 Å². The molecule has 0 aromatic carbocycles. The molecule has 0 radical (unpaired) electrons. The number of nitrogens with zero attached hydrogens (tertiary/aromatic N) is 2. The summed E-state index contributed by atoms with van der Waals surface area (Å²) < 4.78 is 0. The predicted molar refractivity (Wildman–Crippen MR) is 40.7 cm³/mol. The third-order valence-corrected chi connectivity index (χ3v) is 1.69. The van der Waals surface area contributed by atoms with E-state index in [0.29, 0.717) is 6.54 Å². The van der Waals surface area contributed by atoms with Crippen molar-refractivity contribution >= 4 is 6.03 Å². The summed E-state index contributed by atoms with van der Waals surface area (Å²) in [5, 5.41) is 9.25. The maximum atomic E-state index is 11.2. The van der Waals surface area contributed by atoms with Crippen molar-refractivity contribution in [2.45, 2.75) is 13.2 Å². The van der Waals surface area contributed by atoms with Gasteiger partial charge in [0.05, 0.1) is 0 Å². The van der Waals surface area contributed by atoms with Gasteiger partial charge in [-0.1, -0.05) is 0 Å². The fourth-order valence-corrected chi connectivity index (χ4v) is 1.01. The number of hydrogen-bond acceptors (Lipinski definition) is 2. The average Bonchev–Trinajstić information content (AvgIpc) is 1.99. The van der Waals surface area contributed by atoms with Crippen LogP contribution in [0.1, 0.15) is 6.92 Å². The number of carbonyl (C=O) groups is 1. The summed E-state index contributed by atoms with van der Waals surface area (Å²) in [5.74, 6) is 0. The lowest BCUT2D eigenvalue weighted by Crippen LogP contribution is -2.47. The van der Waals surface area contributed by atoms with Crippen molar-refractivity contribution in [3.8, 4) is 0 Å². The molecule has 1 rings (SSSR count). The molecule has 0 bridgehead atoms. The minimum Gasteiger partial charge on any atom is -0.370 e. The van der Waals surface area contributed by atoms with Gasteiger partial charge < -0.3 is 10.0 Å². The Balaban J connectivity index is 2.78. The standard InChI is InChI=1S/C7H12N2O2/c1-3-9-6(10)4-5-8(2)7(9)11/h4-6,10H,3H2,1-2H3. The third-order valence-electron chi connectivity index (χ3n) is 1.69. The van der Waals surface area contributed by atoms with Crippen LogP contribution < -0.4 is 0 Å². The number of hydrogen-bond donors (Lipinski definition) is 1. The number of aliphatic hydroxyl groups excluding tert-OH is 1. The van der Waals surface area contributed by atoms with Crippen LogP contribution in [0.2, 0.25) is 0 Å². The highest BCUT2D eigenvalue weighted by atomic mass is 16.3. The molecule has 4 heteroatoms. The molecule has 0 saturated heterocycles. The topological polar surface area (TPSA) is 43.8 Å². The molecule has 1 N–H and O–H groups in total. The highest BCUT2D eigenvalue weighted by Crippen LogP contribution is 2.08. The number of rotatable bonds is 1. The molecule has 1 heterocycles. The lowest BCUT2D eigenvalue weighted by atomic mass is 10.4. The van der Waals surface area contributed by atoms with E-state index in [2.05, 4.69) is 0 Å². The van der Waals surface area contributed by atoms with E-state index >= 15 is 0 Å². The van der Waals surface area contributed by atoms with Crippen LogP contribution in [0.25, 0.3) is 0 Å². The van der Waals surface area contributed by atoms with Crippen molar-refractivity contribution in [3.63, 3.8) is 0 Å². The second-order valence-corrected chi connectivity index (χ2v) is 2.43. The molecular weight excluding hydrogens is 144 g/mol. The van der Waals surface area contributed by atoms with Gasteiger partial charge in [0, 0.05) is 19.8 Å². The van der Waals surface area contributed by atoms with Gasteiger partial charge in [0.1, 0.15) is 0 Å². The van der Waals surface area contributed by atoms with Crippen molar-refractivity contribution in [3.05, 3.63) is 12.3 Å². The highest BCUT2D eigenvalue weighted by molar-refractivity contribution is 5.76. The molecule has 1 atom stereocenters. The quantitative estimate of drug-likeness (QED) is 0.589. The largest absolute Gasteiger partial charge is 0.370 e. The van der Waals surface area contributed by atoms with E-state index in [1.807, 2.05) is 6.92 Å². The fraction of sp³-hybridized carbons (Fsp3) is 0.571. The summed E-state index contributed by atoms with van der Waals surface area (Å²) in [6, 6.07) is -0.164. The zero-order chi connectivity index (χ0) is 8.43. The average molecular weight is 156 g/mol. The Morgan fingerprint density at radius 1 is 1.73 bits per heavy atom. The molecule has 0 aromatic rings. The first-order valence-corrected chi connectivity index (χ1v) is 3.56. The second kappa shape index (κ2) is 2.92. The second-order valence-electron chi connectivity index (χ2n) is 2.43. The van der Waals surface area contributed by atoms with Crippen molar-refractivity contribution in [1.82, 2.24) is 9.80 Å². The van der Waals surface area contributed by atoms with E-state index in [-0.39, 0.29) is 6.03 Å². The molecule has 0 aromatic heterocycles. The zero-order valence-corrected chi connectivity index (χ0v) is 6.69. The molecule has 1 aliphatic heterocycles. The molecule has 1 unspecified atom stereocenters. The lowest BCUT2D eigenvalue weighted by molar-refractivity contribution is 0.0521. The number of carbonyl (C=O) groups excluding carboxylic acids is 1. The first-order chi connectivity index (χ1) is 5.16. The van der Waals surface area contributed by atoms with E-state index in [1.165, 1.54) is 9.80 Å². The number of urea groups is 1. The number of likely N-dealkylation sites (N-methyl/N-ethyl adjacent to an activating group) is 1. The first kappa shape index (κ1) is 8.07. The van der Waals surface area contributed by atoms with E-state index in [4.69, 9.17) is 0 Å². The lowest BCUT2D eigenvalue weighted by Gasteiger charge is -2.31. The Morgan fingerprint density at radius 2 is 2.36 bits per heavy atom. The smallest absolute Gasteiger partial charge is 0.326 e. The van der Waals surface area contributed by atoms with E-state index in [0.717, 1.165) is 0 Å². The third kappa shape index (κ3) is 1.35. The summed E-state index contributed by atoms with van der Waals surface area (Å²) in [5.41, 5.74) is 0. The minimum absolute atomic E-state index is 0.164. The molecular formula is C7H12N2O2. The van der Waals surface area contributed by atoms with Gasteiger partial charge in [0.25, 0.3) is 0 Å². The van der Waals surface area contributed by atoms with Crippen molar-refractivity contribution in [2.75, 3.05) is 13.6 Å². The molecule has 0 spiro atoms. The van der Waals surface area contributed by atoms with Crippen LogP contribution in [0.15, 0.2) is 12.3 Å². The van der Waals surface area contributed by atoms with Gasteiger partial charge in [-0.15, -0.1) is 0 Å². The van der Waals surface area contributed by atoms with Crippen LogP contribution >= 0.6 is 0 Å². The van der Waals surface area contributed by atoms with Gasteiger partial charge in [-0.25, -0.2) is 4.79 Å². The number of aliphatic hydroxyl groups is 1. The Kier molecular flexibility index (Phi) is 2.14. The summed E-state index contributed by atoms with van der Waals surface area (Å²) in [6.45, 7) is 2.35. The first-order valence-electron chi connectivity index (χ1n) is 3.56. The summed E-state index contributed by atoms with van der Waals surface area (Å²) >= 11 is 0. The molecule has 62 valence electrons. The minimum atomic E-state index is -0.760. The van der Waals surface area contributed by atoms with Gasteiger partial charge in [-0.05, 0) is 13.0 Å². The Hall–Kier alpha value is -1.03.